The second-order valence-electron chi connectivity index (χ2n) is 4.14. The van der Waals surface area contributed by atoms with Crippen molar-refractivity contribution in [2.75, 3.05) is 13.1 Å². The van der Waals surface area contributed by atoms with E-state index < -0.39 is 6.30 Å². The molecule has 0 bridgehead atoms. The smallest absolute Gasteiger partial charge is 0.312 e. The van der Waals surface area contributed by atoms with Gasteiger partial charge in [0.05, 0.1) is 0 Å². The summed E-state index contributed by atoms with van der Waals surface area (Å²) in [6.45, 7) is 0.657. The molecule has 0 aromatic rings. The zero-order chi connectivity index (χ0) is 10.2. The Morgan fingerprint density at radius 3 is 2.50 bits per heavy atom. The molecule has 0 unspecified atom stereocenters. The van der Waals surface area contributed by atoms with Crippen LogP contribution in [-0.4, -0.2) is 36.4 Å². The zero-order valence-corrected chi connectivity index (χ0v) is 7.98. The Labute approximate surface area is 81.5 Å². The van der Waals surface area contributed by atoms with Crippen LogP contribution in [0, 0.1) is 0 Å². The lowest BCUT2D eigenvalue weighted by atomic mass is 10.2. The van der Waals surface area contributed by atoms with Crippen molar-refractivity contribution < 1.29 is 13.2 Å². The number of alkyl halides is 3. The number of rotatable bonds is 3. The lowest BCUT2D eigenvalue weighted by Gasteiger charge is -2.26. The summed E-state index contributed by atoms with van der Waals surface area (Å²) in [5, 5.41) is 3.16. The van der Waals surface area contributed by atoms with Crippen molar-refractivity contribution >= 4 is 0 Å². The van der Waals surface area contributed by atoms with Gasteiger partial charge in [-0.1, -0.05) is 0 Å². The SMILES string of the molecule is FC(F)(F)N1CCC[C@H]1CNC1CC1. The third-order valence-corrected chi connectivity index (χ3v) is 2.92. The van der Waals surface area contributed by atoms with Crippen LogP contribution >= 0.6 is 0 Å². The number of halogens is 3. The van der Waals surface area contributed by atoms with Gasteiger partial charge in [0.2, 0.25) is 0 Å². The molecule has 0 aromatic carbocycles. The van der Waals surface area contributed by atoms with E-state index in [0.29, 0.717) is 30.3 Å². The van der Waals surface area contributed by atoms with Gasteiger partial charge in [-0.3, -0.25) is 0 Å². The molecule has 2 fully saturated rings. The van der Waals surface area contributed by atoms with E-state index in [4.69, 9.17) is 0 Å². The van der Waals surface area contributed by atoms with Gasteiger partial charge >= 0.3 is 6.30 Å². The van der Waals surface area contributed by atoms with Crippen LogP contribution in [0.1, 0.15) is 25.7 Å². The molecule has 0 amide bonds. The summed E-state index contributed by atoms with van der Waals surface area (Å²) in [4.78, 5) is 0.669. The van der Waals surface area contributed by atoms with Crippen molar-refractivity contribution in [2.45, 2.75) is 44.1 Å². The Balaban J connectivity index is 1.82. The lowest BCUT2D eigenvalue weighted by Crippen LogP contribution is -2.46. The van der Waals surface area contributed by atoms with Crippen molar-refractivity contribution in [1.82, 2.24) is 10.2 Å². The minimum atomic E-state index is -4.15. The first kappa shape index (κ1) is 10.2. The highest BCUT2D eigenvalue weighted by atomic mass is 19.4. The predicted molar refractivity (Wildman–Crippen MR) is 46.8 cm³/mol. The molecule has 0 spiro atoms. The molecule has 0 aromatic heterocycles. The Morgan fingerprint density at radius 1 is 1.21 bits per heavy atom. The molecular formula is C9H15F3N2. The third-order valence-electron chi connectivity index (χ3n) is 2.92. The Kier molecular flexibility index (Phi) is 2.70. The van der Waals surface area contributed by atoms with Gasteiger partial charge in [-0.15, -0.1) is 0 Å². The number of likely N-dealkylation sites (tertiary alicyclic amines) is 1. The van der Waals surface area contributed by atoms with Crippen molar-refractivity contribution in [2.24, 2.45) is 0 Å². The largest absolute Gasteiger partial charge is 0.460 e. The van der Waals surface area contributed by atoms with Gasteiger partial charge in [0.1, 0.15) is 0 Å². The van der Waals surface area contributed by atoms with E-state index in [1.807, 2.05) is 0 Å². The quantitative estimate of drug-likeness (QED) is 0.710. The molecule has 2 nitrogen and oxygen atoms in total. The van der Waals surface area contributed by atoms with Crippen LogP contribution in [0.4, 0.5) is 13.2 Å². The number of hydrogen-bond donors (Lipinski definition) is 1. The Morgan fingerprint density at radius 2 is 1.93 bits per heavy atom. The van der Waals surface area contributed by atoms with E-state index >= 15 is 0 Å². The van der Waals surface area contributed by atoms with E-state index in [1.165, 1.54) is 0 Å². The summed E-state index contributed by atoms with van der Waals surface area (Å²) in [5.74, 6) is 0. The van der Waals surface area contributed by atoms with Crippen LogP contribution in [0.5, 0.6) is 0 Å². The van der Waals surface area contributed by atoms with E-state index in [1.54, 1.807) is 0 Å². The monoisotopic (exact) mass is 208 g/mol. The van der Waals surface area contributed by atoms with E-state index in [2.05, 4.69) is 5.32 Å². The fourth-order valence-electron chi connectivity index (χ4n) is 1.97. The molecule has 0 radical (unpaired) electrons. The molecule has 1 heterocycles. The third kappa shape index (κ3) is 2.39. The molecule has 1 aliphatic heterocycles. The van der Waals surface area contributed by atoms with Crippen LogP contribution in [0.25, 0.3) is 0 Å². The van der Waals surface area contributed by atoms with Crippen molar-refractivity contribution in [3.8, 4) is 0 Å². The van der Waals surface area contributed by atoms with Gasteiger partial charge in [0.15, 0.2) is 0 Å². The van der Waals surface area contributed by atoms with Gasteiger partial charge in [0, 0.05) is 25.2 Å². The zero-order valence-electron chi connectivity index (χ0n) is 7.98. The molecule has 2 rings (SSSR count). The summed E-state index contributed by atoms with van der Waals surface area (Å²) in [6.07, 6.45) is -0.570. The van der Waals surface area contributed by atoms with E-state index in [-0.39, 0.29) is 12.6 Å². The summed E-state index contributed by atoms with van der Waals surface area (Å²) in [7, 11) is 0. The summed E-state index contributed by atoms with van der Waals surface area (Å²) >= 11 is 0. The summed E-state index contributed by atoms with van der Waals surface area (Å²) < 4.78 is 37.3. The normalized spacial score (nSPS) is 29.8. The highest BCUT2D eigenvalue weighted by Gasteiger charge is 2.44. The fraction of sp³-hybridized carbons (Fsp3) is 1.00. The first-order chi connectivity index (χ1) is 6.57. The van der Waals surface area contributed by atoms with Gasteiger partial charge < -0.3 is 5.32 Å². The van der Waals surface area contributed by atoms with Gasteiger partial charge in [0.25, 0.3) is 0 Å². The molecule has 1 saturated heterocycles. The van der Waals surface area contributed by atoms with Crippen molar-refractivity contribution in [1.29, 1.82) is 0 Å². The van der Waals surface area contributed by atoms with Crippen molar-refractivity contribution in [3.05, 3.63) is 0 Å². The molecule has 1 N–H and O–H groups in total. The maximum atomic E-state index is 12.4. The first-order valence-corrected chi connectivity index (χ1v) is 5.14. The summed E-state index contributed by atoms with van der Waals surface area (Å²) in [5.41, 5.74) is 0. The number of hydrogen-bond acceptors (Lipinski definition) is 2. The predicted octanol–water partition coefficient (Wildman–Crippen LogP) is 1.72. The van der Waals surface area contributed by atoms with Crippen LogP contribution in [0.2, 0.25) is 0 Å². The molecule has 82 valence electrons. The van der Waals surface area contributed by atoms with Gasteiger partial charge in [-0.25, -0.2) is 4.90 Å². The molecule has 5 heteroatoms. The second kappa shape index (κ2) is 3.70. The van der Waals surface area contributed by atoms with Crippen LogP contribution in [0.3, 0.4) is 0 Å². The van der Waals surface area contributed by atoms with E-state index in [9.17, 15) is 13.2 Å². The Hall–Kier alpha value is -0.290. The average Bonchev–Trinajstić information content (AvgIpc) is 2.77. The molecule has 1 atom stereocenters. The Bertz CT molecular complexity index is 201. The highest BCUT2D eigenvalue weighted by Crippen LogP contribution is 2.30. The van der Waals surface area contributed by atoms with Gasteiger partial charge in [-0.05, 0) is 25.7 Å². The molecule has 1 saturated carbocycles. The molecule has 1 aliphatic carbocycles. The highest BCUT2D eigenvalue weighted by molar-refractivity contribution is 4.87. The molecule has 14 heavy (non-hydrogen) atoms. The lowest BCUT2D eigenvalue weighted by molar-refractivity contribution is -0.249. The van der Waals surface area contributed by atoms with Crippen molar-refractivity contribution in [3.63, 3.8) is 0 Å². The van der Waals surface area contributed by atoms with Crippen LogP contribution in [-0.2, 0) is 0 Å². The number of nitrogens with zero attached hydrogens (tertiary/aromatic N) is 1. The number of nitrogens with one attached hydrogen (secondary N) is 1. The standard InChI is InChI=1S/C9H15F3N2/c10-9(11,12)14-5-1-2-8(14)6-13-7-3-4-7/h7-8,13H,1-6H2/t8-/m0/s1. The maximum absolute atomic E-state index is 12.4. The fourth-order valence-corrected chi connectivity index (χ4v) is 1.97. The average molecular weight is 208 g/mol. The first-order valence-electron chi connectivity index (χ1n) is 5.14. The minimum absolute atomic E-state index is 0.167. The second-order valence-corrected chi connectivity index (χ2v) is 4.14. The van der Waals surface area contributed by atoms with E-state index in [0.717, 1.165) is 12.8 Å². The minimum Gasteiger partial charge on any atom is -0.312 e. The van der Waals surface area contributed by atoms with Crippen LogP contribution < -0.4 is 5.32 Å². The molecule has 2 aliphatic rings. The topological polar surface area (TPSA) is 15.3 Å². The summed E-state index contributed by atoms with van der Waals surface area (Å²) in [6, 6.07) is 0.154. The maximum Gasteiger partial charge on any atom is 0.460 e. The van der Waals surface area contributed by atoms with Gasteiger partial charge in [-0.2, -0.15) is 13.2 Å². The molecular weight excluding hydrogens is 193 g/mol. The van der Waals surface area contributed by atoms with Crippen LogP contribution in [0.15, 0.2) is 0 Å².